The van der Waals surface area contributed by atoms with Crippen molar-refractivity contribution in [2.24, 2.45) is 0 Å². The van der Waals surface area contributed by atoms with Crippen molar-refractivity contribution in [3.63, 3.8) is 0 Å². The maximum atomic E-state index is 12.5. The zero-order valence-electron chi connectivity index (χ0n) is 15.4. The Morgan fingerprint density at radius 3 is 2.71 bits per heavy atom. The summed E-state index contributed by atoms with van der Waals surface area (Å²) in [4.78, 5) is 29.1. The van der Waals surface area contributed by atoms with Crippen LogP contribution >= 0.6 is 11.3 Å². The first-order chi connectivity index (χ1) is 13.7. The fourth-order valence-electron chi connectivity index (χ4n) is 3.52. The molecule has 1 heterocycles. The molecule has 6 heteroatoms. The summed E-state index contributed by atoms with van der Waals surface area (Å²) in [7, 11) is 0. The lowest BCUT2D eigenvalue weighted by Gasteiger charge is -2.26. The maximum absolute atomic E-state index is 12.5. The van der Waals surface area contributed by atoms with E-state index in [-0.39, 0.29) is 24.3 Å². The zero-order chi connectivity index (χ0) is 19.3. The third-order valence-corrected chi connectivity index (χ3v) is 5.66. The van der Waals surface area contributed by atoms with Gasteiger partial charge in [0, 0.05) is 10.9 Å². The molecule has 0 radical (unpaired) electrons. The number of nitrogens with one attached hydrogen (secondary N) is 2. The smallest absolute Gasteiger partial charge is 0.257 e. The van der Waals surface area contributed by atoms with Crippen molar-refractivity contribution in [3.05, 3.63) is 82.4 Å². The van der Waals surface area contributed by atoms with E-state index in [1.54, 1.807) is 12.1 Å². The van der Waals surface area contributed by atoms with Crippen LogP contribution in [0.1, 0.15) is 46.1 Å². The van der Waals surface area contributed by atoms with Gasteiger partial charge in [0.15, 0.2) is 5.13 Å². The zero-order valence-corrected chi connectivity index (χ0v) is 16.2. The molecule has 2 aromatic carbocycles. The van der Waals surface area contributed by atoms with Crippen LogP contribution in [0, 0.1) is 0 Å². The van der Waals surface area contributed by atoms with Crippen molar-refractivity contribution < 1.29 is 9.59 Å². The lowest BCUT2D eigenvalue weighted by molar-refractivity contribution is -0.121. The van der Waals surface area contributed by atoms with E-state index in [1.807, 2.05) is 35.7 Å². The summed E-state index contributed by atoms with van der Waals surface area (Å²) in [6.07, 6.45) is 3.31. The number of carbonyl (C=O) groups is 2. The molecule has 0 bridgehead atoms. The maximum Gasteiger partial charge on any atom is 0.257 e. The molecule has 28 heavy (non-hydrogen) atoms. The van der Waals surface area contributed by atoms with Gasteiger partial charge in [0.25, 0.3) is 5.91 Å². The van der Waals surface area contributed by atoms with Crippen LogP contribution in [0.3, 0.4) is 0 Å². The molecule has 1 aromatic heterocycles. The SMILES string of the molecule is O=C(Cc1csc(NC(=O)c2ccccc2)n1)NC1CCCc2ccccc21. The molecule has 1 unspecified atom stereocenters. The number of amides is 2. The van der Waals surface area contributed by atoms with Gasteiger partial charge < -0.3 is 5.32 Å². The minimum absolute atomic E-state index is 0.0482. The predicted molar refractivity (Wildman–Crippen MR) is 110 cm³/mol. The summed E-state index contributed by atoms with van der Waals surface area (Å²) >= 11 is 1.33. The molecule has 2 amide bonds. The molecule has 3 aromatic rings. The van der Waals surface area contributed by atoms with Crippen molar-refractivity contribution in [2.75, 3.05) is 5.32 Å². The molecule has 2 N–H and O–H groups in total. The van der Waals surface area contributed by atoms with Crippen molar-refractivity contribution in [1.29, 1.82) is 0 Å². The topological polar surface area (TPSA) is 71.1 Å². The molecule has 0 spiro atoms. The summed E-state index contributed by atoms with van der Waals surface area (Å²) in [5.41, 5.74) is 3.78. The van der Waals surface area contributed by atoms with E-state index in [9.17, 15) is 9.59 Å². The minimum atomic E-state index is -0.204. The van der Waals surface area contributed by atoms with Gasteiger partial charge in [-0.1, -0.05) is 42.5 Å². The van der Waals surface area contributed by atoms with Gasteiger partial charge in [0.05, 0.1) is 18.2 Å². The van der Waals surface area contributed by atoms with Gasteiger partial charge >= 0.3 is 0 Å². The molecule has 5 nitrogen and oxygen atoms in total. The molecule has 1 aliphatic rings. The average molecular weight is 391 g/mol. The number of thiazole rings is 1. The first-order valence-corrected chi connectivity index (χ1v) is 10.2. The third-order valence-electron chi connectivity index (χ3n) is 4.85. The van der Waals surface area contributed by atoms with Gasteiger partial charge in [-0.15, -0.1) is 11.3 Å². The second-order valence-electron chi connectivity index (χ2n) is 6.85. The number of hydrogen-bond acceptors (Lipinski definition) is 4. The average Bonchev–Trinajstić information content (AvgIpc) is 3.15. The second-order valence-corrected chi connectivity index (χ2v) is 7.71. The van der Waals surface area contributed by atoms with E-state index in [2.05, 4.69) is 27.8 Å². The molecular formula is C22H21N3O2S. The molecule has 1 atom stereocenters. The standard InChI is InChI=1S/C22H21N3O2S/c26-20(24-19-12-6-10-15-7-4-5-11-18(15)19)13-17-14-28-22(23-17)25-21(27)16-8-2-1-3-9-16/h1-5,7-9,11,14,19H,6,10,12-13H2,(H,24,26)(H,23,25,27). The van der Waals surface area contributed by atoms with Crippen LogP contribution in [0.4, 0.5) is 5.13 Å². The van der Waals surface area contributed by atoms with E-state index in [0.29, 0.717) is 16.4 Å². The Morgan fingerprint density at radius 2 is 1.86 bits per heavy atom. The lowest BCUT2D eigenvalue weighted by Crippen LogP contribution is -2.32. The normalized spacial score (nSPS) is 15.5. The van der Waals surface area contributed by atoms with Gasteiger partial charge in [0.1, 0.15) is 0 Å². The van der Waals surface area contributed by atoms with Gasteiger partial charge in [-0.05, 0) is 42.5 Å². The van der Waals surface area contributed by atoms with Crippen LogP contribution in [0.15, 0.2) is 60.0 Å². The van der Waals surface area contributed by atoms with E-state index >= 15 is 0 Å². The number of hydrogen-bond donors (Lipinski definition) is 2. The van der Waals surface area contributed by atoms with Crippen LogP contribution in [0.2, 0.25) is 0 Å². The number of aryl methyl sites for hydroxylation is 1. The summed E-state index contributed by atoms with van der Waals surface area (Å²) in [6.45, 7) is 0. The van der Waals surface area contributed by atoms with Crippen LogP contribution < -0.4 is 10.6 Å². The second kappa shape index (κ2) is 8.35. The van der Waals surface area contributed by atoms with Gasteiger partial charge in [-0.25, -0.2) is 4.98 Å². The Hall–Kier alpha value is -2.99. The highest BCUT2D eigenvalue weighted by atomic mass is 32.1. The summed E-state index contributed by atoms with van der Waals surface area (Å²) in [6, 6.07) is 17.4. The van der Waals surface area contributed by atoms with E-state index < -0.39 is 0 Å². The molecule has 142 valence electrons. The highest BCUT2D eigenvalue weighted by molar-refractivity contribution is 7.14. The third kappa shape index (κ3) is 4.28. The minimum Gasteiger partial charge on any atom is -0.349 e. The van der Waals surface area contributed by atoms with E-state index in [0.717, 1.165) is 19.3 Å². The quantitative estimate of drug-likeness (QED) is 0.687. The van der Waals surface area contributed by atoms with Crippen LogP contribution in [-0.2, 0) is 17.6 Å². The first kappa shape index (κ1) is 18.4. The number of nitrogens with zero attached hydrogens (tertiary/aromatic N) is 1. The number of carbonyl (C=O) groups excluding carboxylic acids is 2. The monoisotopic (exact) mass is 391 g/mol. The van der Waals surface area contributed by atoms with Crippen LogP contribution in [-0.4, -0.2) is 16.8 Å². The number of rotatable bonds is 5. The Morgan fingerprint density at radius 1 is 1.07 bits per heavy atom. The Bertz CT molecular complexity index is 984. The van der Waals surface area contributed by atoms with Crippen LogP contribution in [0.5, 0.6) is 0 Å². The first-order valence-electron chi connectivity index (χ1n) is 9.37. The largest absolute Gasteiger partial charge is 0.349 e. The van der Waals surface area contributed by atoms with Gasteiger partial charge in [0.2, 0.25) is 5.91 Å². The molecule has 0 fully saturated rings. The van der Waals surface area contributed by atoms with Gasteiger partial charge in [-0.2, -0.15) is 0 Å². The number of aromatic nitrogens is 1. The Balaban J connectivity index is 1.35. The molecule has 0 saturated carbocycles. The Kier molecular flexibility index (Phi) is 5.48. The molecule has 1 aliphatic carbocycles. The van der Waals surface area contributed by atoms with Crippen molar-refractivity contribution in [3.8, 4) is 0 Å². The van der Waals surface area contributed by atoms with Crippen LogP contribution in [0.25, 0.3) is 0 Å². The predicted octanol–water partition coefficient (Wildman–Crippen LogP) is 4.13. The number of anilines is 1. The summed E-state index contributed by atoms with van der Waals surface area (Å²) in [5, 5.41) is 8.23. The highest BCUT2D eigenvalue weighted by Crippen LogP contribution is 2.29. The fourth-order valence-corrected chi connectivity index (χ4v) is 4.22. The molecular weight excluding hydrogens is 370 g/mol. The molecule has 0 saturated heterocycles. The van der Waals surface area contributed by atoms with E-state index in [1.165, 1.54) is 22.5 Å². The van der Waals surface area contributed by atoms with Crippen molar-refractivity contribution in [1.82, 2.24) is 10.3 Å². The lowest BCUT2D eigenvalue weighted by atomic mass is 9.87. The number of fused-ring (bicyclic) bond motifs is 1. The molecule has 0 aliphatic heterocycles. The summed E-state index contributed by atoms with van der Waals surface area (Å²) < 4.78 is 0. The Labute approximate surface area is 167 Å². The van der Waals surface area contributed by atoms with Crippen molar-refractivity contribution in [2.45, 2.75) is 31.7 Å². The van der Waals surface area contributed by atoms with Crippen molar-refractivity contribution >= 4 is 28.3 Å². The van der Waals surface area contributed by atoms with Gasteiger partial charge in [-0.3, -0.25) is 14.9 Å². The highest BCUT2D eigenvalue weighted by Gasteiger charge is 2.21. The summed E-state index contributed by atoms with van der Waals surface area (Å²) in [5.74, 6) is -0.252. The molecule has 4 rings (SSSR count). The van der Waals surface area contributed by atoms with E-state index in [4.69, 9.17) is 0 Å². The number of benzene rings is 2. The fraction of sp³-hybridized carbons (Fsp3) is 0.227.